The van der Waals surface area contributed by atoms with E-state index < -0.39 is 0 Å². The number of anilines is 2. The molecule has 1 aliphatic rings. The summed E-state index contributed by atoms with van der Waals surface area (Å²) in [6.07, 6.45) is 5.54. The Morgan fingerprint density at radius 3 is 2.88 bits per heavy atom. The lowest BCUT2D eigenvalue weighted by atomic mass is 10.1. The van der Waals surface area contributed by atoms with Crippen molar-refractivity contribution in [2.45, 2.75) is 6.54 Å². The van der Waals surface area contributed by atoms with E-state index in [4.69, 9.17) is 0 Å². The highest BCUT2D eigenvalue weighted by atomic mass is 32.1. The normalized spacial score (nSPS) is 13.5. The van der Waals surface area contributed by atoms with Gasteiger partial charge in [-0.15, -0.1) is 0 Å². The van der Waals surface area contributed by atoms with Crippen molar-refractivity contribution in [2.75, 3.05) is 11.9 Å². The minimum absolute atomic E-state index is 0.0707. The van der Waals surface area contributed by atoms with E-state index in [1.807, 2.05) is 47.2 Å². The van der Waals surface area contributed by atoms with Crippen molar-refractivity contribution in [1.29, 1.82) is 0 Å². The van der Waals surface area contributed by atoms with E-state index in [2.05, 4.69) is 20.0 Å². The average molecular weight is 361 g/mol. The third-order valence-corrected chi connectivity index (χ3v) is 5.37. The second-order valence-electron chi connectivity index (χ2n) is 6.10. The highest BCUT2D eigenvalue weighted by Gasteiger charge is 2.26. The van der Waals surface area contributed by atoms with Crippen LogP contribution in [0.15, 0.2) is 55.0 Å². The molecule has 3 aromatic heterocycles. The van der Waals surface area contributed by atoms with Gasteiger partial charge in [0.1, 0.15) is 5.69 Å². The molecule has 6 nitrogen and oxygen atoms in total. The minimum atomic E-state index is -0.0707. The van der Waals surface area contributed by atoms with E-state index in [-0.39, 0.29) is 5.91 Å². The van der Waals surface area contributed by atoms with Gasteiger partial charge in [0, 0.05) is 42.6 Å². The highest BCUT2D eigenvalue weighted by Crippen LogP contribution is 2.38. The Labute approximate surface area is 153 Å². The van der Waals surface area contributed by atoms with Gasteiger partial charge in [-0.2, -0.15) is 4.37 Å². The quantitative estimate of drug-likeness (QED) is 0.584. The molecule has 4 heterocycles. The van der Waals surface area contributed by atoms with Gasteiger partial charge in [0.25, 0.3) is 5.91 Å². The van der Waals surface area contributed by atoms with E-state index >= 15 is 0 Å². The molecule has 0 atom stereocenters. The molecule has 1 aliphatic heterocycles. The summed E-state index contributed by atoms with van der Waals surface area (Å²) in [5, 5.41) is 7.41. The number of rotatable bonds is 3. The summed E-state index contributed by atoms with van der Waals surface area (Å²) in [6.45, 7) is 1.38. The summed E-state index contributed by atoms with van der Waals surface area (Å²) in [5.74, 6) is 0.701. The fraction of sp³-hybridized carbons (Fsp3) is 0.105. The Bertz CT molecular complexity index is 1120. The van der Waals surface area contributed by atoms with Crippen LogP contribution in [-0.2, 0) is 6.54 Å². The lowest BCUT2D eigenvalue weighted by Crippen LogP contribution is -2.35. The number of aromatic nitrogens is 3. The summed E-state index contributed by atoms with van der Waals surface area (Å²) in [7, 11) is 0. The van der Waals surface area contributed by atoms with Crippen molar-refractivity contribution in [1.82, 2.24) is 19.2 Å². The largest absolute Gasteiger partial charge is 0.349 e. The zero-order chi connectivity index (χ0) is 17.5. The summed E-state index contributed by atoms with van der Waals surface area (Å²) in [6, 6.07) is 12.0. The Balaban J connectivity index is 1.69. The number of carbonyl (C=O) groups excluding carboxylic acids is 1. The van der Waals surface area contributed by atoms with Gasteiger partial charge in [0.2, 0.25) is 0 Å². The topological polar surface area (TPSA) is 71.8 Å². The van der Waals surface area contributed by atoms with Gasteiger partial charge in [0.05, 0.1) is 10.4 Å². The first kappa shape index (κ1) is 15.1. The van der Waals surface area contributed by atoms with Gasteiger partial charge in [-0.25, -0.2) is 0 Å². The molecule has 0 aliphatic carbocycles. The molecule has 2 N–H and O–H groups in total. The van der Waals surface area contributed by atoms with Crippen molar-refractivity contribution < 1.29 is 4.79 Å². The summed E-state index contributed by atoms with van der Waals surface area (Å²) in [4.78, 5) is 16.6. The Hall–Kier alpha value is -3.19. The summed E-state index contributed by atoms with van der Waals surface area (Å²) in [5.41, 5.74) is 3.40. The standard InChI is InChI=1S/C19H15N5OS/c25-19-17-16(22-18-13-3-1-2-4-15(13)26-23-18)14(11-24(17)10-9-21-19)12-5-7-20-8-6-12/h1-8,11H,9-10H2,(H,21,25)(H,22,23). The predicted octanol–water partition coefficient (Wildman–Crippen LogP) is 3.65. The molecule has 128 valence electrons. The summed E-state index contributed by atoms with van der Waals surface area (Å²) < 4.78 is 7.67. The van der Waals surface area contributed by atoms with E-state index in [0.29, 0.717) is 12.2 Å². The van der Waals surface area contributed by atoms with Gasteiger partial charge in [-0.1, -0.05) is 12.1 Å². The van der Waals surface area contributed by atoms with Crippen LogP contribution in [0.25, 0.3) is 21.2 Å². The van der Waals surface area contributed by atoms with Crippen molar-refractivity contribution in [2.24, 2.45) is 0 Å². The molecule has 0 saturated heterocycles. The third-order valence-electron chi connectivity index (χ3n) is 4.54. The lowest BCUT2D eigenvalue weighted by Gasteiger charge is -2.17. The Kier molecular flexibility index (Phi) is 3.46. The molecule has 26 heavy (non-hydrogen) atoms. The monoisotopic (exact) mass is 361 g/mol. The molecule has 4 aromatic rings. The highest BCUT2D eigenvalue weighted by molar-refractivity contribution is 7.13. The maximum absolute atomic E-state index is 12.5. The molecule has 5 rings (SSSR count). The second-order valence-corrected chi connectivity index (χ2v) is 6.91. The molecule has 0 radical (unpaired) electrons. The van der Waals surface area contributed by atoms with Crippen molar-refractivity contribution >= 4 is 39.0 Å². The van der Waals surface area contributed by atoms with Crippen LogP contribution < -0.4 is 10.6 Å². The van der Waals surface area contributed by atoms with Crippen LogP contribution in [0.2, 0.25) is 0 Å². The number of benzene rings is 1. The van der Waals surface area contributed by atoms with E-state index in [1.54, 1.807) is 12.4 Å². The van der Waals surface area contributed by atoms with Crippen molar-refractivity contribution in [3.63, 3.8) is 0 Å². The third kappa shape index (κ3) is 2.36. The van der Waals surface area contributed by atoms with E-state index in [1.165, 1.54) is 11.5 Å². The number of carbonyl (C=O) groups is 1. The Morgan fingerprint density at radius 2 is 2.00 bits per heavy atom. The number of hydrogen-bond donors (Lipinski definition) is 2. The molecule has 0 spiro atoms. The number of amides is 1. The smallest absolute Gasteiger partial charge is 0.270 e. The average Bonchev–Trinajstić information content (AvgIpc) is 3.26. The van der Waals surface area contributed by atoms with Crippen molar-refractivity contribution in [3.05, 3.63) is 60.7 Å². The first-order valence-corrected chi connectivity index (χ1v) is 9.12. The van der Waals surface area contributed by atoms with Crippen LogP contribution in [-0.4, -0.2) is 26.4 Å². The molecule has 7 heteroatoms. The Morgan fingerprint density at radius 1 is 1.15 bits per heavy atom. The molecular formula is C19H15N5OS. The predicted molar refractivity (Wildman–Crippen MR) is 103 cm³/mol. The molecule has 1 amide bonds. The van der Waals surface area contributed by atoms with Crippen LogP contribution in [0.1, 0.15) is 10.5 Å². The number of pyridine rings is 1. The van der Waals surface area contributed by atoms with Crippen molar-refractivity contribution in [3.8, 4) is 11.1 Å². The van der Waals surface area contributed by atoms with Gasteiger partial charge in [-0.3, -0.25) is 9.78 Å². The zero-order valence-electron chi connectivity index (χ0n) is 13.8. The van der Waals surface area contributed by atoms with Crippen LogP contribution in [0, 0.1) is 0 Å². The van der Waals surface area contributed by atoms with Gasteiger partial charge < -0.3 is 15.2 Å². The molecule has 0 bridgehead atoms. The van der Waals surface area contributed by atoms with Gasteiger partial charge in [-0.05, 0) is 41.4 Å². The number of nitrogens with one attached hydrogen (secondary N) is 2. The second kappa shape index (κ2) is 5.96. The maximum Gasteiger partial charge on any atom is 0.270 e. The first-order chi connectivity index (χ1) is 12.8. The minimum Gasteiger partial charge on any atom is -0.349 e. The van der Waals surface area contributed by atoms with Crippen LogP contribution >= 0.6 is 11.5 Å². The SMILES string of the molecule is O=C1NCCn2cc(-c3ccncc3)c(Nc3nsc4ccccc34)c21. The molecule has 0 unspecified atom stereocenters. The van der Waals surface area contributed by atoms with Gasteiger partial charge in [0.15, 0.2) is 5.82 Å². The lowest BCUT2D eigenvalue weighted by molar-refractivity contribution is 0.0929. The summed E-state index contributed by atoms with van der Waals surface area (Å²) >= 11 is 1.45. The maximum atomic E-state index is 12.5. The number of fused-ring (bicyclic) bond motifs is 2. The first-order valence-electron chi connectivity index (χ1n) is 8.34. The van der Waals surface area contributed by atoms with Crippen LogP contribution in [0.3, 0.4) is 0 Å². The van der Waals surface area contributed by atoms with Gasteiger partial charge >= 0.3 is 0 Å². The molecule has 0 fully saturated rings. The molecule has 1 aromatic carbocycles. The molecular weight excluding hydrogens is 346 g/mol. The fourth-order valence-corrected chi connectivity index (χ4v) is 4.06. The number of nitrogens with zero attached hydrogens (tertiary/aromatic N) is 3. The molecule has 0 saturated carbocycles. The zero-order valence-corrected chi connectivity index (χ0v) is 14.6. The van der Waals surface area contributed by atoms with E-state index in [9.17, 15) is 4.79 Å². The van der Waals surface area contributed by atoms with Crippen LogP contribution in [0.5, 0.6) is 0 Å². The van der Waals surface area contributed by atoms with Crippen LogP contribution in [0.4, 0.5) is 11.5 Å². The van der Waals surface area contributed by atoms with E-state index in [0.717, 1.165) is 39.3 Å². The number of hydrogen-bond acceptors (Lipinski definition) is 5. The fourth-order valence-electron chi connectivity index (χ4n) is 3.32.